The van der Waals surface area contributed by atoms with Crippen molar-refractivity contribution < 1.29 is 5.11 Å². The van der Waals surface area contributed by atoms with Gasteiger partial charge in [-0.25, -0.2) is 0 Å². The van der Waals surface area contributed by atoms with Crippen molar-refractivity contribution in [2.75, 3.05) is 39.3 Å². The van der Waals surface area contributed by atoms with Crippen molar-refractivity contribution in [1.29, 1.82) is 0 Å². The Kier molecular flexibility index (Phi) is 5.17. The number of rotatable bonds is 4. The highest BCUT2D eigenvalue weighted by Gasteiger charge is 2.26. The van der Waals surface area contributed by atoms with Crippen LogP contribution in [-0.2, 0) is 0 Å². The van der Waals surface area contributed by atoms with Crippen LogP contribution >= 0.6 is 0 Å². The van der Waals surface area contributed by atoms with Gasteiger partial charge in [-0.3, -0.25) is 9.80 Å². The summed E-state index contributed by atoms with van der Waals surface area (Å²) in [6.07, 6.45) is -0.241. The number of nitrogens with zero attached hydrogens (tertiary/aromatic N) is 2. The molecule has 0 saturated carbocycles. The summed E-state index contributed by atoms with van der Waals surface area (Å²) >= 11 is 0. The van der Waals surface area contributed by atoms with E-state index in [0.29, 0.717) is 0 Å². The lowest BCUT2D eigenvalue weighted by atomic mass is 9.89. The number of aliphatic hydroxyl groups is 1. The lowest BCUT2D eigenvalue weighted by molar-refractivity contribution is 0.0145. The van der Waals surface area contributed by atoms with Gasteiger partial charge in [0.05, 0.1) is 6.10 Å². The fourth-order valence-corrected chi connectivity index (χ4v) is 2.03. The molecule has 3 heteroatoms. The SMILES string of the molecule is C=C(C)CN1CCN(C[C@H](O)C(C)(C)C)CC1. The van der Waals surface area contributed by atoms with Crippen LogP contribution in [0.1, 0.15) is 27.7 Å². The molecular formula is C14H28N2O. The average molecular weight is 240 g/mol. The average Bonchev–Trinajstić information content (AvgIpc) is 2.18. The van der Waals surface area contributed by atoms with E-state index in [0.717, 1.165) is 39.3 Å². The molecule has 0 amide bonds. The molecule has 0 unspecified atom stereocenters. The van der Waals surface area contributed by atoms with Crippen molar-refractivity contribution >= 4 is 0 Å². The Bertz CT molecular complexity index is 249. The number of piperazine rings is 1. The summed E-state index contributed by atoms with van der Waals surface area (Å²) in [6, 6.07) is 0. The highest BCUT2D eigenvalue weighted by molar-refractivity contribution is 4.93. The van der Waals surface area contributed by atoms with E-state index >= 15 is 0 Å². The molecule has 100 valence electrons. The predicted molar refractivity (Wildman–Crippen MR) is 73.2 cm³/mol. The maximum atomic E-state index is 10.1. The maximum absolute atomic E-state index is 10.1. The van der Waals surface area contributed by atoms with Crippen molar-refractivity contribution in [2.24, 2.45) is 5.41 Å². The number of β-amino-alcohol motifs (C(OH)–C–C–N with tert-alkyl or cyclic N) is 1. The molecule has 0 aromatic heterocycles. The van der Waals surface area contributed by atoms with Gasteiger partial charge in [0.2, 0.25) is 0 Å². The molecule has 0 aromatic carbocycles. The molecule has 1 saturated heterocycles. The largest absolute Gasteiger partial charge is 0.391 e. The third-order valence-corrected chi connectivity index (χ3v) is 3.39. The van der Waals surface area contributed by atoms with Gasteiger partial charge < -0.3 is 5.11 Å². The number of hydrogen-bond acceptors (Lipinski definition) is 3. The van der Waals surface area contributed by atoms with Gasteiger partial charge in [0.15, 0.2) is 0 Å². The van der Waals surface area contributed by atoms with Crippen LogP contribution in [0.15, 0.2) is 12.2 Å². The Morgan fingerprint density at radius 3 is 2.06 bits per heavy atom. The molecule has 3 nitrogen and oxygen atoms in total. The van der Waals surface area contributed by atoms with Gasteiger partial charge in [-0.2, -0.15) is 0 Å². The van der Waals surface area contributed by atoms with E-state index < -0.39 is 0 Å². The predicted octanol–water partition coefficient (Wildman–Crippen LogP) is 1.59. The summed E-state index contributed by atoms with van der Waals surface area (Å²) in [6.45, 7) is 18.4. The van der Waals surface area contributed by atoms with E-state index in [1.54, 1.807) is 0 Å². The van der Waals surface area contributed by atoms with Crippen molar-refractivity contribution in [3.63, 3.8) is 0 Å². The van der Waals surface area contributed by atoms with Gasteiger partial charge in [-0.15, -0.1) is 0 Å². The zero-order valence-electron chi connectivity index (χ0n) is 11.9. The molecule has 1 aliphatic rings. The van der Waals surface area contributed by atoms with E-state index in [2.05, 4.69) is 44.1 Å². The molecule has 1 fully saturated rings. The van der Waals surface area contributed by atoms with Crippen molar-refractivity contribution in [1.82, 2.24) is 9.80 Å². The second-order valence-electron chi connectivity index (χ2n) is 6.42. The summed E-state index contributed by atoms with van der Waals surface area (Å²) in [7, 11) is 0. The second kappa shape index (κ2) is 5.98. The molecule has 0 bridgehead atoms. The highest BCUT2D eigenvalue weighted by atomic mass is 16.3. The molecule has 1 rings (SSSR count). The van der Waals surface area contributed by atoms with E-state index in [4.69, 9.17) is 0 Å². The highest BCUT2D eigenvalue weighted by Crippen LogP contribution is 2.20. The topological polar surface area (TPSA) is 26.7 Å². The van der Waals surface area contributed by atoms with Crippen LogP contribution in [0.25, 0.3) is 0 Å². The van der Waals surface area contributed by atoms with E-state index in [9.17, 15) is 5.11 Å². The zero-order valence-corrected chi connectivity index (χ0v) is 11.9. The first-order valence-electron chi connectivity index (χ1n) is 6.56. The van der Waals surface area contributed by atoms with Crippen LogP contribution in [-0.4, -0.2) is 60.3 Å². The molecule has 1 heterocycles. The molecule has 17 heavy (non-hydrogen) atoms. The third-order valence-electron chi connectivity index (χ3n) is 3.39. The molecule has 0 aliphatic carbocycles. The summed E-state index contributed by atoms with van der Waals surface area (Å²) < 4.78 is 0. The minimum Gasteiger partial charge on any atom is -0.391 e. The molecular weight excluding hydrogens is 212 g/mol. The van der Waals surface area contributed by atoms with Crippen molar-refractivity contribution in [3.8, 4) is 0 Å². The normalized spacial score (nSPS) is 21.5. The second-order valence-corrected chi connectivity index (χ2v) is 6.42. The first-order chi connectivity index (χ1) is 7.79. The van der Waals surface area contributed by atoms with Crippen LogP contribution in [0.3, 0.4) is 0 Å². The molecule has 1 aliphatic heterocycles. The zero-order chi connectivity index (χ0) is 13.1. The first kappa shape index (κ1) is 14.7. The Labute approximate surface area is 106 Å². The third kappa shape index (κ3) is 5.19. The van der Waals surface area contributed by atoms with Gasteiger partial charge >= 0.3 is 0 Å². The summed E-state index contributed by atoms with van der Waals surface area (Å²) in [5.41, 5.74) is 1.21. The minimum absolute atomic E-state index is 0.0190. The fourth-order valence-electron chi connectivity index (χ4n) is 2.03. The molecule has 0 aromatic rings. The van der Waals surface area contributed by atoms with Gasteiger partial charge in [0.1, 0.15) is 0 Å². The Balaban J connectivity index is 2.30. The minimum atomic E-state index is -0.241. The quantitative estimate of drug-likeness (QED) is 0.756. The Morgan fingerprint density at radius 1 is 1.18 bits per heavy atom. The Hall–Kier alpha value is -0.380. The summed E-state index contributed by atoms with van der Waals surface area (Å²) in [5.74, 6) is 0. The van der Waals surface area contributed by atoms with Gasteiger partial charge in [-0.05, 0) is 12.3 Å². The monoisotopic (exact) mass is 240 g/mol. The number of aliphatic hydroxyl groups excluding tert-OH is 1. The number of hydrogen-bond donors (Lipinski definition) is 1. The summed E-state index contributed by atoms with van der Waals surface area (Å²) in [5, 5.41) is 10.1. The smallest absolute Gasteiger partial charge is 0.0715 e. The van der Waals surface area contributed by atoms with E-state index in [1.165, 1.54) is 5.57 Å². The van der Waals surface area contributed by atoms with Crippen LogP contribution in [0.4, 0.5) is 0 Å². The Morgan fingerprint density at radius 2 is 1.65 bits per heavy atom. The van der Waals surface area contributed by atoms with Crippen LogP contribution < -0.4 is 0 Å². The lowest BCUT2D eigenvalue weighted by Crippen LogP contribution is -2.50. The van der Waals surface area contributed by atoms with Crippen LogP contribution in [0, 0.1) is 5.41 Å². The van der Waals surface area contributed by atoms with Crippen LogP contribution in [0.5, 0.6) is 0 Å². The molecule has 1 atom stereocenters. The van der Waals surface area contributed by atoms with Gasteiger partial charge in [0.25, 0.3) is 0 Å². The lowest BCUT2D eigenvalue weighted by Gasteiger charge is -2.38. The van der Waals surface area contributed by atoms with Crippen molar-refractivity contribution in [3.05, 3.63) is 12.2 Å². The standard InChI is InChI=1S/C14H28N2O/c1-12(2)10-15-6-8-16(9-7-15)11-13(17)14(3,4)5/h13,17H,1,6-11H2,2-5H3/t13-/m0/s1. The molecule has 1 N–H and O–H groups in total. The van der Waals surface area contributed by atoms with Crippen LogP contribution in [0.2, 0.25) is 0 Å². The maximum Gasteiger partial charge on any atom is 0.0715 e. The first-order valence-corrected chi connectivity index (χ1v) is 6.56. The van der Waals surface area contributed by atoms with Gasteiger partial charge in [-0.1, -0.05) is 32.9 Å². The van der Waals surface area contributed by atoms with Crippen molar-refractivity contribution in [2.45, 2.75) is 33.8 Å². The van der Waals surface area contributed by atoms with E-state index in [1.807, 2.05) is 0 Å². The van der Waals surface area contributed by atoms with Gasteiger partial charge in [0, 0.05) is 39.3 Å². The fraction of sp³-hybridized carbons (Fsp3) is 0.857. The molecule has 0 spiro atoms. The molecule has 0 radical (unpaired) electrons. The summed E-state index contributed by atoms with van der Waals surface area (Å²) in [4.78, 5) is 4.80. The van der Waals surface area contributed by atoms with E-state index in [-0.39, 0.29) is 11.5 Å².